The third-order valence-corrected chi connectivity index (χ3v) is 1.94. The van der Waals surface area contributed by atoms with Gasteiger partial charge in [0.05, 0.1) is 26.9 Å². The van der Waals surface area contributed by atoms with E-state index in [-0.39, 0.29) is 5.56 Å². The molecule has 0 unspecified atom stereocenters. The molecule has 1 aromatic rings. The van der Waals surface area contributed by atoms with Gasteiger partial charge in [-0.25, -0.2) is 0 Å². The summed E-state index contributed by atoms with van der Waals surface area (Å²) in [6.07, 6.45) is 0. The molecule has 0 aliphatic carbocycles. The van der Waals surface area contributed by atoms with Gasteiger partial charge in [0.25, 0.3) is 17.1 Å². The van der Waals surface area contributed by atoms with Gasteiger partial charge in [-0.3, -0.25) is 30.3 Å². The lowest BCUT2D eigenvalue weighted by Crippen LogP contribution is -2.00. The molecule has 0 N–H and O–H groups in total. The van der Waals surface area contributed by atoms with Crippen molar-refractivity contribution in [3.8, 4) is 0 Å². The molecule has 0 saturated carbocycles. The van der Waals surface area contributed by atoms with Crippen LogP contribution in [0.2, 0.25) is 0 Å². The van der Waals surface area contributed by atoms with Crippen molar-refractivity contribution in [2.45, 2.75) is 6.92 Å². The topological polar surface area (TPSA) is 129 Å². The number of benzene rings is 1. The van der Waals surface area contributed by atoms with Crippen LogP contribution in [-0.4, -0.2) is 14.8 Å². The average molecular weight is 229 g/mol. The van der Waals surface area contributed by atoms with Gasteiger partial charge >= 0.3 is 0 Å². The van der Waals surface area contributed by atoms with Gasteiger partial charge < -0.3 is 0 Å². The number of nitrogens with zero attached hydrogens (tertiary/aromatic N) is 3. The van der Waals surface area contributed by atoms with E-state index in [2.05, 4.69) is 0 Å². The number of non-ortho nitro benzene ring substituents is 1. The Hall–Kier alpha value is -2.58. The minimum absolute atomic E-state index is 0.208. The Morgan fingerprint density at radius 2 is 1.25 bits per heavy atom. The monoisotopic (exact) mass is 229 g/mol. The highest BCUT2D eigenvalue weighted by molar-refractivity contribution is 5.59. The van der Waals surface area contributed by atoms with Crippen LogP contribution < -0.4 is 0 Å². The average Bonchev–Trinajstić information content (AvgIpc) is 2.16. The molecule has 1 rings (SSSR count). The first-order chi connectivity index (χ1) is 7.34. The molecule has 0 saturated heterocycles. The molecule has 0 fully saturated rings. The summed E-state index contributed by atoms with van der Waals surface area (Å²) in [7, 11) is 0. The molecule has 9 nitrogen and oxygen atoms in total. The predicted molar refractivity (Wildman–Crippen MR) is 51.1 cm³/mol. The summed E-state index contributed by atoms with van der Waals surface area (Å²) in [4.78, 5) is 28.8. The Kier molecular flexibility index (Phi) is 2.79. The molecule has 9 heteroatoms. The maximum absolute atomic E-state index is 10.5. The first-order valence-electron chi connectivity index (χ1n) is 3.92. The Morgan fingerprint density at radius 1 is 0.875 bits per heavy atom. The van der Waals surface area contributed by atoms with Crippen molar-refractivity contribution in [2.75, 3.05) is 0 Å². The SMILES string of the molecule is [14CH3]c1c([N+](=O)[O-])cc([N+](=O)[O-])cc1[N+](=O)[O-]. The van der Waals surface area contributed by atoms with E-state index in [1.807, 2.05) is 0 Å². The molecule has 16 heavy (non-hydrogen) atoms. The van der Waals surface area contributed by atoms with Crippen molar-refractivity contribution < 1.29 is 14.8 Å². The number of nitro benzene ring substituents is 3. The first-order valence-corrected chi connectivity index (χ1v) is 3.92. The zero-order chi connectivity index (χ0) is 12.5. The van der Waals surface area contributed by atoms with Crippen LogP contribution in [0.3, 0.4) is 0 Å². The fraction of sp³-hybridized carbons (Fsp3) is 0.143. The standard InChI is InChI=1S/C7H5N3O6/c1-4-6(9(13)14)2-5(8(11)12)3-7(4)10(15)16/h2-3H,1H3/i1+2. The summed E-state index contributed by atoms with van der Waals surface area (Å²) in [6, 6.07) is 1.39. The van der Waals surface area contributed by atoms with Crippen LogP contribution >= 0.6 is 0 Å². The summed E-state index contributed by atoms with van der Waals surface area (Å²) < 4.78 is 0. The zero-order valence-electron chi connectivity index (χ0n) is 7.95. The van der Waals surface area contributed by atoms with Crippen LogP contribution in [0, 0.1) is 37.3 Å². The lowest BCUT2D eigenvalue weighted by atomic mass is 10.2. The van der Waals surface area contributed by atoms with E-state index >= 15 is 0 Å². The first kappa shape index (κ1) is 11.5. The quantitative estimate of drug-likeness (QED) is 0.572. The fourth-order valence-electron chi connectivity index (χ4n) is 1.15. The van der Waals surface area contributed by atoms with Gasteiger partial charge in [0.2, 0.25) is 0 Å². The molecular weight excluding hydrogens is 224 g/mol. The number of rotatable bonds is 3. The molecule has 0 bridgehead atoms. The molecule has 0 atom stereocenters. The van der Waals surface area contributed by atoms with E-state index < -0.39 is 31.8 Å². The van der Waals surface area contributed by atoms with Gasteiger partial charge in [-0.15, -0.1) is 0 Å². The number of hydrogen-bond acceptors (Lipinski definition) is 6. The molecular formula is C7H5N3O6. The van der Waals surface area contributed by atoms with Crippen LogP contribution in [0.4, 0.5) is 17.1 Å². The lowest BCUT2D eigenvalue weighted by Gasteiger charge is -1.99. The highest BCUT2D eigenvalue weighted by atomic mass is 16.6. The molecule has 1 aromatic carbocycles. The van der Waals surface area contributed by atoms with Crippen molar-refractivity contribution in [2.24, 2.45) is 0 Å². The lowest BCUT2D eigenvalue weighted by molar-refractivity contribution is -0.403. The third-order valence-electron chi connectivity index (χ3n) is 1.94. The molecule has 0 aliphatic heterocycles. The zero-order valence-corrected chi connectivity index (χ0v) is 7.95. The summed E-state index contributed by atoms with van der Waals surface area (Å²) >= 11 is 0. The van der Waals surface area contributed by atoms with Crippen LogP contribution in [0.15, 0.2) is 12.1 Å². The van der Waals surface area contributed by atoms with Crippen LogP contribution in [0.1, 0.15) is 5.56 Å². The number of hydrogen-bond donors (Lipinski definition) is 0. The van der Waals surface area contributed by atoms with Crippen molar-refractivity contribution in [3.05, 3.63) is 48.0 Å². The van der Waals surface area contributed by atoms with E-state index in [4.69, 9.17) is 0 Å². The van der Waals surface area contributed by atoms with Gasteiger partial charge in [0.1, 0.15) is 5.56 Å². The minimum Gasteiger partial charge on any atom is -0.258 e. The second kappa shape index (κ2) is 3.88. The maximum Gasteiger partial charge on any atom is 0.286 e. The van der Waals surface area contributed by atoms with Crippen molar-refractivity contribution in [3.63, 3.8) is 0 Å². The summed E-state index contributed by atoms with van der Waals surface area (Å²) in [5, 5.41) is 31.5. The Balaban J connectivity index is 3.57. The van der Waals surface area contributed by atoms with E-state index in [0.717, 1.165) is 0 Å². The van der Waals surface area contributed by atoms with Gasteiger partial charge in [0, 0.05) is 0 Å². The van der Waals surface area contributed by atoms with Gasteiger partial charge in [0.15, 0.2) is 0 Å². The predicted octanol–water partition coefficient (Wildman–Crippen LogP) is 1.72. The minimum atomic E-state index is -0.917. The maximum atomic E-state index is 10.5. The Labute approximate surface area is 87.8 Å². The second-order valence-corrected chi connectivity index (χ2v) is 2.88. The summed E-state index contributed by atoms with van der Waals surface area (Å²) in [5.74, 6) is 0. The second-order valence-electron chi connectivity index (χ2n) is 2.88. The molecule has 0 amide bonds. The molecule has 0 heterocycles. The van der Waals surface area contributed by atoms with E-state index in [0.29, 0.717) is 12.1 Å². The van der Waals surface area contributed by atoms with Gasteiger partial charge in [-0.05, 0) is 6.92 Å². The van der Waals surface area contributed by atoms with Crippen molar-refractivity contribution in [1.29, 1.82) is 0 Å². The van der Waals surface area contributed by atoms with Crippen molar-refractivity contribution >= 4 is 17.1 Å². The molecule has 0 radical (unpaired) electrons. The van der Waals surface area contributed by atoms with Crippen LogP contribution in [0.25, 0.3) is 0 Å². The van der Waals surface area contributed by atoms with Crippen molar-refractivity contribution in [1.82, 2.24) is 0 Å². The number of nitro groups is 3. The van der Waals surface area contributed by atoms with E-state index in [1.165, 1.54) is 6.92 Å². The molecule has 0 aliphatic rings. The fourth-order valence-corrected chi connectivity index (χ4v) is 1.15. The largest absolute Gasteiger partial charge is 0.286 e. The molecule has 0 aromatic heterocycles. The smallest absolute Gasteiger partial charge is 0.258 e. The van der Waals surface area contributed by atoms with Crippen LogP contribution in [0.5, 0.6) is 0 Å². The van der Waals surface area contributed by atoms with E-state index in [9.17, 15) is 30.3 Å². The van der Waals surface area contributed by atoms with Gasteiger partial charge in [-0.1, -0.05) is 0 Å². The van der Waals surface area contributed by atoms with Gasteiger partial charge in [-0.2, -0.15) is 0 Å². The summed E-state index contributed by atoms with van der Waals surface area (Å²) in [6.45, 7) is 1.17. The third kappa shape index (κ3) is 1.92. The highest BCUT2D eigenvalue weighted by Crippen LogP contribution is 2.32. The molecule has 84 valence electrons. The molecule has 0 spiro atoms. The van der Waals surface area contributed by atoms with Crippen LogP contribution in [-0.2, 0) is 0 Å². The highest BCUT2D eigenvalue weighted by Gasteiger charge is 2.27. The Morgan fingerprint density at radius 3 is 1.50 bits per heavy atom. The summed E-state index contributed by atoms with van der Waals surface area (Å²) in [5.41, 5.74) is -2.16. The van der Waals surface area contributed by atoms with E-state index in [1.54, 1.807) is 0 Å². The Bertz CT molecular complexity index is 462. The normalized spacial score (nSPS) is 9.81.